The van der Waals surface area contributed by atoms with E-state index in [-0.39, 0.29) is 5.82 Å². The second-order valence-corrected chi connectivity index (χ2v) is 7.53. The van der Waals surface area contributed by atoms with Crippen molar-refractivity contribution < 1.29 is 12.8 Å². The summed E-state index contributed by atoms with van der Waals surface area (Å²) in [6, 6.07) is 11.5. The first kappa shape index (κ1) is 14.8. The van der Waals surface area contributed by atoms with Crippen LogP contribution in [0.4, 0.5) is 4.39 Å². The van der Waals surface area contributed by atoms with Crippen molar-refractivity contribution in [2.75, 3.05) is 6.26 Å². The van der Waals surface area contributed by atoms with Gasteiger partial charge in [0.25, 0.3) is 0 Å². The molecule has 0 unspecified atom stereocenters. The topological polar surface area (TPSA) is 49.9 Å². The van der Waals surface area contributed by atoms with Crippen LogP contribution in [-0.4, -0.2) is 19.7 Å². The van der Waals surface area contributed by atoms with Gasteiger partial charge in [-0.3, -0.25) is 0 Å². The van der Waals surface area contributed by atoms with Crippen LogP contribution < -0.4 is 0 Å². The van der Waals surface area contributed by atoms with Gasteiger partial charge in [0.2, 0.25) is 0 Å². The molecule has 3 nitrogen and oxygen atoms in total. The molecule has 1 heterocycles. The van der Waals surface area contributed by atoms with Gasteiger partial charge in [-0.25, -0.2) is 12.8 Å². The van der Waals surface area contributed by atoms with Crippen LogP contribution in [0.2, 0.25) is 0 Å². The summed E-state index contributed by atoms with van der Waals surface area (Å²) < 4.78 is 36.4. The fourth-order valence-electron chi connectivity index (χ4n) is 2.64. The van der Waals surface area contributed by atoms with Crippen LogP contribution in [0.15, 0.2) is 47.4 Å². The minimum Gasteiger partial charge on any atom is -0.358 e. The second-order valence-electron chi connectivity index (χ2n) is 5.51. The number of sulfone groups is 1. The van der Waals surface area contributed by atoms with Crippen LogP contribution in [0.25, 0.3) is 10.9 Å². The van der Waals surface area contributed by atoms with Crippen molar-refractivity contribution in [2.24, 2.45) is 0 Å². The normalized spacial score (nSPS) is 12.0. The molecule has 0 saturated carbocycles. The highest BCUT2D eigenvalue weighted by molar-refractivity contribution is 7.90. The van der Waals surface area contributed by atoms with E-state index < -0.39 is 9.84 Å². The Bertz CT molecular complexity index is 941. The number of H-pyrrole nitrogens is 1. The van der Waals surface area contributed by atoms with Crippen LogP contribution in [0.3, 0.4) is 0 Å². The maximum absolute atomic E-state index is 13.5. The van der Waals surface area contributed by atoms with Gasteiger partial charge in [0.05, 0.1) is 4.90 Å². The summed E-state index contributed by atoms with van der Waals surface area (Å²) in [4.78, 5) is 3.55. The van der Waals surface area contributed by atoms with Gasteiger partial charge in [0, 0.05) is 22.9 Å². The molecule has 1 aromatic heterocycles. The SMILES string of the molecule is Cc1[nH]c2ccc(F)cc2c1Cc1ccc(S(C)(=O)=O)cc1. The summed E-state index contributed by atoms with van der Waals surface area (Å²) in [6.45, 7) is 1.96. The van der Waals surface area contributed by atoms with Gasteiger partial charge in [-0.05, 0) is 54.8 Å². The summed E-state index contributed by atoms with van der Waals surface area (Å²) in [5.74, 6) is -0.264. The molecule has 0 aliphatic rings. The lowest BCUT2D eigenvalue weighted by Crippen LogP contribution is -1.97. The first-order chi connectivity index (χ1) is 10.3. The van der Waals surface area contributed by atoms with Crippen molar-refractivity contribution in [1.82, 2.24) is 4.98 Å². The van der Waals surface area contributed by atoms with Crippen LogP contribution in [0, 0.1) is 12.7 Å². The molecule has 0 aliphatic heterocycles. The summed E-state index contributed by atoms with van der Waals surface area (Å²) in [5.41, 5.74) is 3.91. The third kappa shape index (κ3) is 2.76. The van der Waals surface area contributed by atoms with Gasteiger partial charge >= 0.3 is 0 Å². The Labute approximate surface area is 128 Å². The number of halogens is 1. The molecule has 0 aliphatic carbocycles. The Hall–Kier alpha value is -2.14. The Morgan fingerprint density at radius 1 is 1.09 bits per heavy atom. The predicted molar refractivity (Wildman–Crippen MR) is 85.4 cm³/mol. The van der Waals surface area contributed by atoms with Gasteiger partial charge in [-0.1, -0.05) is 12.1 Å². The van der Waals surface area contributed by atoms with Gasteiger partial charge in [-0.15, -0.1) is 0 Å². The first-order valence-corrected chi connectivity index (χ1v) is 8.79. The van der Waals surface area contributed by atoms with Gasteiger partial charge in [-0.2, -0.15) is 0 Å². The van der Waals surface area contributed by atoms with E-state index in [1.807, 2.05) is 6.92 Å². The van der Waals surface area contributed by atoms with E-state index in [0.29, 0.717) is 11.3 Å². The Morgan fingerprint density at radius 2 is 1.77 bits per heavy atom. The van der Waals surface area contributed by atoms with Crippen molar-refractivity contribution in [3.8, 4) is 0 Å². The van der Waals surface area contributed by atoms with E-state index in [9.17, 15) is 12.8 Å². The van der Waals surface area contributed by atoms with E-state index in [1.165, 1.54) is 18.4 Å². The van der Waals surface area contributed by atoms with Crippen molar-refractivity contribution in [3.63, 3.8) is 0 Å². The molecule has 1 N–H and O–H groups in total. The van der Waals surface area contributed by atoms with Gasteiger partial charge < -0.3 is 4.98 Å². The average molecular weight is 317 g/mol. The minimum atomic E-state index is -3.19. The first-order valence-electron chi connectivity index (χ1n) is 6.90. The molecule has 0 saturated heterocycles. The third-order valence-corrected chi connectivity index (χ3v) is 4.94. The van der Waals surface area contributed by atoms with Crippen molar-refractivity contribution >= 4 is 20.7 Å². The number of aromatic amines is 1. The zero-order valence-corrected chi connectivity index (χ0v) is 13.2. The number of rotatable bonds is 3. The monoisotopic (exact) mass is 317 g/mol. The molecule has 3 aromatic rings. The lowest BCUT2D eigenvalue weighted by atomic mass is 10.0. The number of benzene rings is 2. The van der Waals surface area contributed by atoms with E-state index >= 15 is 0 Å². The van der Waals surface area contributed by atoms with E-state index in [2.05, 4.69) is 4.98 Å². The Kier molecular flexibility index (Phi) is 3.53. The molecule has 0 bridgehead atoms. The zero-order chi connectivity index (χ0) is 15.9. The molecule has 0 spiro atoms. The smallest absolute Gasteiger partial charge is 0.175 e. The Balaban J connectivity index is 2.00. The lowest BCUT2D eigenvalue weighted by molar-refractivity contribution is 0.602. The molecule has 22 heavy (non-hydrogen) atoms. The Morgan fingerprint density at radius 3 is 2.41 bits per heavy atom. The molecule has 3 rings (SSSR count). The summed E-state index contributed by atoms with van der Waals surface area (Å²) in [5, 5.41) is 0.865. The maximum atomic E-state index is 13.5. The minimum absolute atomic E-state index is 0.264. The molecule has 114 valence electrons. The van der Waals surface area contributed by atoms with Gasteiger partial charge in [0.15, 0.2) is 9.84 Å². The van der Waals surface area contributed by atoms with E-state index in [1.54, 1.807) is 30.3 Å². The molecule has 0 atom stereocenters. The highest BCUT2D eigenvalue weighted by atomic mass is 32.2. The second kappa shape index (κ2) is 5.25. The molecule has 0 amide bonds. The number of fused-ring (bicyclic) bond motifs is 1. The summed E-state index contributed by atoms with van der Waals surface area (Å²) >= 11 is 0. The maximum Gasteiger partial charge on any atom is 0.175 e. The number of aromatic nitrogens is 1. The fourth-order valence-corrected chi connectivity index (χ4v) is 3.27. The van der Waals surface area contributed by atoms with Crippen LogP contribution in [0.5, 0.6) is 0 Å². The van der Waals surface area contributed by atoms with Crippen molar-refractivity contribution in [3.05, 3.63) is 65.1 Å². The number of hydrogen-bond acceptors (Lipinski definition) is 2. The van der Waals surface area contributed by atoms with Crippen LogP contribution in [0.1, 0.15) is 16.8 Å². The molecule has 0 radical (unpaired) electrons. The van der Waals surface area contributed by atoms with Crippen molar-refractivity contribution in [1.29, 1.82) is 0 Å². The number of hydrogen-bond donors (Lipinski definition) is 1. The summed E-state index contributed by atoms with van der Waals surface area (Å²) in [7, 11) is -3.19. The molecular weight excluding hydrogens is 301 g/mol. The summed E-state index contributed by atoms with van der Waals surface area (Å²) in [6.07, 6.45) is 1.81. The van der Waals surface area contributed by atoms with Crippen LogP contribution >= 0.6 is 0 Å². The largest absolute Gasteiger partial charge is 0.358 e. The number of nitrogens with one attached hydrogen (secondary N) is 1. The highest BCUT2D eigenvalue weighted by Gasteiger charge is 2.11. The number of aryl methyl sites for hydroxylation is 1. The molecule has 0 fully saturated rings. The average Bonchev–Trinajstić information content (AvgIpc) is 2.75. The molecular formula is C17H16FNO2S. The van der Waals surface area contributed by atoms with Crippen LogP contribution in [-0.2, 0) is 16.3 Å². The zero-order valence-electron chi connectivity index (χ0n) is 12.4. The fraction of sp³-hybridized carbons (Fsp3) is 0.176. The van der Waals surface area contributed by atoms with Gasteiger partial charge in [0.1, 0.15) is 5.82 Å². The van der Waals surface area contributed by atoms with E-state index in [0.717, 1.165) is 27.7 Å². The lowest BCUT2D eigenvalue weighted by Gasteiger charge is -2.04. The van der Waals surface area contributed by atoms with E-state index in [4.69, 9.17) is 0 Å². The standard InChI is InChI=1S/C17H16FNO2S/c1-11-15(16-10-13(18)5-8-17(16)19-11)9-12-3-6-14(7-4-12)22(2,20)21/h3-8,10,19H,9H2,1-2H3. The van der Waals surface area contributed by atoms with Crippen molar-refractivity contribution in [2.45, 2.75) is 18.2 Å². The third-order valence-electron chi connectivity index (χ3n) is 3.81. The molecule has 2 aromatic carbocycles. The predicted octanol–water partition coefficient (Wildman–Crippen LogP) is 3.61. The highest BCUT2D eigenvalue weighted by Crippen LogP contribution is 2.26. The quantitative estimate of drug-likeness (QED) is 0.802. The molecule has 5 heteroatoms.